The fourth-order valence-electron chi connectivity index (χ4n) is 6.42. The molecular formula is C34H30Cl2N2Zr. The van der Waals surface area contributed by atoms with Crippen molar-refractivity contribution in [2.24, 2.45) is 0 Å². The smallest absolute Gasteiger partial charge is 1.00 e. The van der Waals surface area contributed by atoms with Crippen LogP contribution in [0.15, 0.2) is 85.1 Å². The second-order valence-corrected chi connectivity index (χ2v) is 14.2. The topological polar surface area (TPSA) is 9.86 Å². The summed E-state index contributed by atoms with van der Waals surface area (Å²) in [6, 6.07) is 29.4. The first-order valence-corrected chi connectivity index (χ1v) is 15.9. The zero-order chi connectivity index (χ0) is 25.3. The summed E-state index contributed by atoms with van der Waals surface area (Å²) < 4.78 is 6.01. The maximum Gasteiger partial charge on any atom is -1.00 e. The molecule has 5 heteroatoms. The van der Waals surface area contributed by atoms with Crippen molar-refractivity contribution >= 4 is 34.4 Å². The first-order chi connectivity index (χ1) is 18.0. The number of aromatic nitrogens is 2. The van der Waals surface area contributed by atoms with Gasteiger partial charge in [-0.1, -0.05) is 0 Å². The standard InChI is InChI=1S/C19H16N.C15H14N.2ClH.Zr/c1-13-14(2)20(19-10-6-5-9-18(13)19)17-11-15-7-3-4-8-16(15)12-17;1-11-7-12(2)16(10-11)15-8-13-5-3-4-6-14(13)9-15;;;/h3-12H,1-2H3;3-10H,1-2H3;2*1H;/q;;;;+2/p-2. The molecule has 0 amide bonds. The van der Waals surface area contributed by atoms with Crippen molar-refractivity contribution in [3.63, 3.8) is 0 Å². The zero-order valence-electron chi connectivity index (χ0n) is 22.5. The molecule has 0 saturated heterocycles. The average Bonchev–Trinajstić information content (AvgIpc) is 3.62. The molecule has 0 bridgehead atoms. The molecule has 2 aliphatic carbocycles. The molecule has 2 aromatic heterocycles. The van der Waals surface area contributed by atoms with Crippen LogP contribution < -0.4 is 24.8 Å². The molecule has 0 aliphatic heterocycles. The van der Waals surface area contributed by atoms with Crippen molar-refractivity contribution in [2.45, 2.75) is 34.9 Å². The van der Waals surface area contributed by atoms with Gasteiger partial charge in [0, 0.05) is 0 Å². The van der Waals surface area contributed by atoms with Crippen LogP contribution in [0, 0.1) is 27.7 Å². The van der Waals surface area contributed by atoms with Crippen LogP contribution >= 0.6 is 0 Å². The van der Waals surface area contributed by atoms with Gasteiger partial charge in [-0.3, -0.25) is 0 Å². The molecule has 0 radical (unpaired) electrons. The summed E-state index contributed by atoms with van der Waals surface area (Å²) in [4.78, 5) is 0. The monoisotopic (exact) mass is 626 g/mol. The largest absolute Gasteiger partial charge is 1.00 e. The van der Waals surface area contributed by atoms with E-state index in [1.807, 2.05) is 0 Å². The zero-order valence-corrected chi connectivity index (χ0v) is 26.5. The van der Waals surface area contributed by atoms with Crippen LogP contribution in [-0.2, 0) is 23.2 Å². The van der Waals surface area contributed by atoms with E-state index < -0.39 is 23.2 Å². The van der Waals surface area contributed by atoms with E-state index in [1.54, 1.807) is 0 Å². The first-order valence-electron chi connectivity index (χ1n) is 13.1. The van der Waals surface area contributed by atoms with Crippen molar-refractivity contribution in [3.8, 4) is 0 Å². The van der Waals surface area contributed by atoms with Gasteiger partial charge in [0.05, 0.1) is 0 Å². The Hall–Kier alpha value is -2.58. The molecule has 0 spiro atoms. The first kappa shape index (κ1) is 28.0. The number of allylic oxidation sites excluding steroid dienone is 2. The Bertz CT molecular complexity index is 1770. The predicted octanol–water partition coefficient (Wildman–Crippen LogP) is 2.57. The Morgan fingerprint density at radius 2 is 1.23 bits per heavy atom. The van der Waals surface area contributed by atoms with E-state index in [0.29, 0.717) is 7.25 Å². The number of fused-ring (bicyclic) bond motifs is 3. The fraction of sp³-hybridized carbons (Fsp3) is 0.176. The van der Waals surface area contributed by atoms with Crippen molar-refractivity contribution in [1.82, 2.24) is 9.13 Å². The predicted molar refractivity (Wildman–Crippen MR) is 152 cm³/mol. The molecule has 2 atom stereocenters. The van der Waals surface area contributed by atoms with E-state index >= 15 is 0 Å². The molecule has 7 rings (SSSR count). The van der Waals surface area contributed by atoms with Gasteiger partial charge in [0.2, 0.25) is 0 Å². The van der Waals surface area contributed by atoms with Crippen LogP contribution in [0.25, 0.3) is 34.4 Å². The van der Waals surface area contributed by atoms with Gasteiger partial charge in [0.25, 0.3) is 0 Å². The minimum absolute atomic E-state index is 0. The van der Waals surface area contributed by atoms with Gasteiger partial charge in [-0.25, -0.2) is 0 Å². The molecule has 39 heavy (non-hydrogen) atoms. The van der Waals surface area contributed by atoms with Crippen LogP contribution in [-0.4, -0.2) is 9.13 Å². The number of hydrogen-bond donors (Lipinski definition) is 0. The quantitative estimate of drug-likeness (QED) is 0.290. The Morgan fingerprint density at radius 1 is 0.667 bits per heavy atom. The van der Waals surface area contributed by atoms with Gasteiger partial charge in [-0.15, -0.1) is 0 Å². The third-order valence-electron chi connectivity index (χ3n) is 8.26. The van der Waals surface area contributed by atoms with E-state index in [1.165, 1.54) is 67.1 Å². The molecule has 2 unspecified atom stereocenters. The molecule has 0 saturated carbocycles. The Morgan fingerprint density at radius 3 is 1.87 bits per heavy atom. The Balaban J connectivity index is 0.00000154. The summed E-state index contributed by atoms with van der Waals surface area (Å²) >= 11 is -1.08. The van der Waals surface area contributed by atoms with Crippen LogP contribution in [0.5, 0.6) is 0 Å². The minimum atomic E-state index is -1.08. The van der Waals surface area contributed by atoms with E-state index in [9.17, 15) is 0 Å². The average molecular weight is 629 g/mol. The fourth-order valence-corrected chi connectivity index (χ4v) is 11.3. The Kier molecular flexibility index (Phi) is 7.73. The normalized spacial score (nSPS) is 17.0. The molecule has 0 N–H and O–H groups in total. The Labute approximate surface area is 254 Å². The molecular weight excluding hydrogens is 599 g/mol. The van der Waals surface area contributed by atoms with Crippen molar-refractivity contribution in [1.29, 1.82) is 0 Å². The van der Waals surface area contributed by atoms with Crippen molar-refractivity contribution in [3.05, 3.63) is 130 Å². The van der Waals surface area contributed by atoms with Gasteiger partial charge >= 0.3 is 232 Å². The number of benzene rings is 3. The summed E-state index contributed by atoms with van der Waals surface area (Å²) in [6.45, 7) is 9.02. The SMILES string of the molecule is Cc1cc(C)n(C2=Cc3ccccc3[CH]2[Zr+2][CH]2C(n3c(C)c(C)c4ccccc43)=Cc3ccccc32)c1.[Cl-].[Cl-]. The molecule has 0 fully saturated rings. The minimum Gasteiger partial charge on any atom is -1.00 e. The van der Waals surface area contributed by atoms with Crippen molar-refractivity contribution in [2.75, 3.05) is 0 Å². The third kappa shape index (κ3) is 4.44. The van der Waals surface area contributed by atoms with Gasteiger partial charge in [0.1, 0.15) is 0 Å². The molecule has 194 valence electrons. The summed E-state index contributed by atoms with van der Waals surface area (Å²) in [5.41, 5.74) is 15.5. The summed E-state index contributed by atoms with van der Waals surface area (Å²) in [5.74, 6) is 0. The van der Waals surface area contributed by atoms with E-state index in [-0.39, 0.29) is 24.8 Å². The third-order valence-corrected chi connectivity index (χ3v) is 12.9. The molecule has 5 aromatic rings. The second kappa shape index (κ2) is 10.8. The van der Waals surface area contributed by atoms with Crippen LogP contribution in [0.1, 0.15) is 52.0 Å². The number of rotatable bonds is 4. The van der Waals surface area contributed by atoms with Crippen molar-refractivity contribution < 1.29 is 48.0 Å². The van der Waals surface area contributed by atoms with E-state index in [0.717, 1.165) is 0 Å². The summed E-state index contributed by atoms with van der Waals surface area (Å²) in [7, 11) is 0. The molecule has 2 aliphatic rings. The summed E-state index contributed by atoms with van der Waals surface area (Å²) in [5, 5.41) is 1.37. The van der Waals surface area contributed by atoms with Crippen LogP contribution in [0.2, 0.25) is 0 Å². The maximum absolute atomic E-state index is 2.57. The number of halogens is 2. The number of para-hydroxylation sites is 1. The molecule has 2 nitrogen and oxygen atoms in total. The number of hydrogen-bond acceptors (Lipinski definition) is 0. The van der Waals surface area contributed by atoms with E-state index in [2.05, 4.69) is 134 Å². The van der Waals surface area contributed by atoms with Gasteiger partial charge in [-0.2, -0.15) is 0 Å². The van der Waals surface area contributed by atoms with Gasteiger partial charge in [0.15, 0.2) is 0 Å². The summed E-state index contributed by atoms with van der Waals surface area (Å²) in [6.07, 6.45) is 7.26. The second-order valence-electron chi connectivity index (χ2n) is 10.5. The van der Waals surface area contributed by atoms with E-state index in [4.69, 9.17) is 0 Å². The number of nitrogens with zero attached hydrogens (tertiary/aromatic N) is 2. The van der Waals surface area contributed by atoms with Gasteiger partial charge < -0.3 is 24.8 Å². The number of aryl methyl sites for hydroxylation is 3. The molecule has 3 aromatic carbocycles. The molecule has 2 heterocycles. The van der Waals surface area contributed by atoms with Gasteiger partial charge in [-0.05, 0) is 0 Å². The maximum atomic E-state index is 2.57. The van der Waals surface area contributed by atoms with Crippen LogP contribution in [0.3, 0.4) is 0 Å². The van der Waals surface area contributed by atoms with Crippen LogP contribution in [0.4, 0.5) is 0 Å².